The second kappa shape index (κ2) is 6.85. The third-order valence-corrected chi connectivity index (χ3v) is 5.52. The highest BCUT2D eigenvalue weighted by Gasteiger charge is 2.22. The van der Waals surface area contributed by atoms with Crippen molar-refractivity contribution < 1.29 is 17.9 Å². The number of rotatable bonds is 4. The summed E-state index contributed by atoms with van der Waals surface area (Å²) in [4.78, 5) is 0. The van der Waals surface area contributed by atoms with Crippen LogP contribution in [-0.4, -0.2) is 39.0 Å². The van der Waals surface area contributed by atoms with Gasteiger partial charge in [0.2, 0.25) is 0 Å². The Balaban J connectivity index is 1.63. The summed E-state index contributed by atoms with van der Waals surface area (Å²) < 4.78 is 39.9. The fraction of sp³-hybridized carbons (Fsp3) is 0.600. The van der Waals surface area contributed by atoms with Crippen molar-refractivity contribution in [2.45, 2.75) is 32.2 Å². The second-order valence-corrected chi connectivity index (χ2v) is 7.37. The maximum Gasteiger partial charge on any atom is 0.279 e. The molecule has 1 aromatic carbocycles. The minimum atomic E-state index is -3.41. The molecule has 7 heteroatoms. The quantitative estimate of drug-likeness (QED) is 0.914. The first-order valence-electron chi connectivity index (χ1n) is 7.78. The van der Waals surface area contributed by atoms with E-state index in [1.807, 2.05) is 18.2 Å². The molecule has 1 N–H and O–H groups in total. The Labute approximate surface area is 131 Å². The molecule has 0 saturated carbocycles. The van der Waals surface area contributed by atoms with Crippen LogP contribution in [0, 0.1) is 0 Å². The molecule has 0 aromatic heterocycles. The summed E-state index contributed by atoms with van der Waals surface area (Å²) in [5.74, 6) is 1.39. The van der Waals surface area contributed by atoms with Crippen molar-refractivity contribution in [3.8, 4) is 11.5 Å². The van der Waals surface area contributed by atoms with E-state index >= 15 is 0 Å². The molecule has 0 spiro atoms. The van der Waals surface area contributed by atoms with Crippen molar-refractivity contribution in [3.63, 3.8) is 0 Å². The van der Waals surface area contributed by atoms with Crippen molar-refractivity contribution in [2.24, 2.45) is 0 Å². The van der Waals surface area contributed by atoms with Gasteiger partial charge in [-0.15, -0.1) is 0 Å². The van der Waals surface area contributed by atoms with Crippen molar-refractivity contribution in [1.29, 1.82) is 0 Å². The molecular weight excluding hydrogens is 304 g/mol. The average Bonchev–Trinajstić information content (AvgIpc) is 2.83. The number of fused-ring (bicyclic) bond motifs is 1. The van der Waals surface area contributed by atoms with E-state index in [-0.39, 0.29) is 6.54 Å². The van der Waals surface area contributed by atoms with Crippen molar-refractivity contribution in [3.05, 3.63) is 23.8 Å². The number of hydrogen-bond acceptors (Lipinski definition) is 4. The van der Waals surface area contributed by atoms with Crippen LogP contribution in [0.3, 0.4) is 0 Å². The molecule has 0 atom stereocenters. The van der Waals surface area contributed by atoms with Crippen LogP contribution in [0.5, 0.6) is 11.5 Å². The normalized spacial score (nSPS) is 19.6. The minimum absolute atomic E-state index is 0.259. The molecule has 0 amide bonds. The van der Waals surface area contributed by atoms with Gasteiger partial charge in [-0.25, -0.2) is 0 Å². The molecule has 0 unspecified atom stereocenters. The molecule has 1 aromatic rings. The third-order valence-electron chi connectivity index (χ3n) is 3.97. The van der Waals surface area contributed by atoms with Crippen molar-refractivity contribution >= 4 is 10.2 Å². The molecule has 3 rings (SSSR count). The summed E-state index contributed by atoms with van der Waals surface area (Å²) in [5.41, 5.74) is 0.864. The number of hydrogen-bond donors (Lipinski definition) is 1. The van der Waals surface area contributed by atoms with Gasteiger partial charge in [-0.1, -0.05) is 18.9 Å². The predicted octanol–water partition coefficient (Wildman–Crippen LogP) is 1.67. The van der Waals surface area contributed by atoms with E-state index < -0.39 is 10.2 Å². The molecule has 1 saturated heterocycles. The standard InChI is InChI=1S/C15H22N2O4S/c18-22(19,17-7-3-1-2-4-8-17)16-12-13-5-6-14-15(11-13)21-10-9-20-14/h5-6,11,16H,1-4,7-10,12H2. The summed E-state index contributed by atoms with van der Waals surface area (Å²) >= 11 is 0. The highest BCUT2D eigenvalue weighted by molar-refractivity contribution is 7.87. The molecular formula is C15H22N2O4S. The van der Waals surface area contributed by atoms with Crippen LogP contribution >= 0.6 is 0 Å². The van der Waals surface area contributed by atoms with E-state index in [0.29, 0.717) is 37.8 Å². The van der Waals surface area contributed by atoms with E-state index in [0.717, 1.165) is 31.2 Å². The lowest BCUT2D eigenvalue weighted by atomic mass is 10.2. The maximum atomic E-state index is 12.4. The fourth-order valence-electron chi connectivity index (χ4n) is 2.75. The molecule has 122 valence electrons. The first kappa shape index (κ1) is 15.6. The average molecular weight is 326 g/mol. The molecule has 0 radical (unpaired) electrons. The van der Waals surface area contributed by atoms with Crippen molar-refractivity contribution in [1.82, 2.24) is 9.03 Å². The van der Waals surface area contributed by atoms with Gasteiger partial charge in [-0.2, -0.15) is 17.4 Å². The summed E-state index contributed by atoms with van der Waals surface area (Å²) in [5, 5.41) is 0. The minimum Gasteiger partial charge on any atom is -0.486 e. The summed E-state index contributed by atoms with van der Waals surface area (Å²) in [6, 6.07) is 5.52. The Hall–Kier alpha value is -1.31. The number of nitrogens with zero attached hydrogens (tertiary/aromatic N) is 1. The summed E-state index contributed by atoms with van der Waals surface area (Å²) in [6.07, 6.45) is 4.08. The number of nitrogens with one attached hydrogen (secondary N) is 1. The molecule has 1 fully saturated rings. The Morgan fingerprint density at radius 2 is 1.68 bits per heavy atom. The maximum absolute atomic E-state index is 12.4. The Morgan fingerprint density at radius 1 is 1.00 bits per heavy atom. The molecule has 2 aliphatic heterocycles. The van der Waals surface area contributed by atoms with Crippen LogP contribution in [0.1, 0.15) is 31.2 Å². The van der Waals surface area contributed by atoms with Crippen LogP contribution in [0.15, 0.2) is 18.2 Å². The highest BCUT2D eigenvalue weighted by atomic mass is 32.2. The van der Waals surface area contributed by atoms with E-state index in [2.05, 4.69) is 4.72 Å². The molecule has 0 aliphatic carbocycles. The van der Waals surface area contributed by atoms with Gasteiger partial charge in [0.25, 0.3) is 10.2 Å². The van der Waals surface area contributed by atoms with Gasteiger partial charge in [0, 0.05) is 19.6 Å². The Bertz CT molecular complexity index is 610. The molecule has 6 nitrogen and oxygen atoms in total. The molecule has 0 bridgehead atoms. The van der Waals surface area contributed by atoms with Crippen LogP contribution < -0.4 is 14.2 Å². The van der Waals surface area contributed by atoms with Crippen LogP contribution in [-0.2, 0) is 16.8 Å². The Kier molecular flexibility index (Phi) is 4.85. The van der Waals surface area contributed by atoms with Gasteiger partial charge in [-0.3, -0.25) is 0 Å². The third kappa shape index (κ3) is 3.71. The zero-order valence-corrected chi connectivity index (χ0v) is 13.4. The van der Waals surface area contributed by atoms with Gasteiger partial charge >= 0.3 is 0 Å². The SMILES string of the molecule is O=S(=O)(NCc1ccc2c(c1)OCCO2)N1CCCCCC1. The number of ether oxygens (including phenoxy) is 2. The summed E-state index contributed by atoms with van der Waals surface area (Å²) in [6.45, 7) is 2.55. The van der Waals surface area contributed by atoms with E-state index in [4.69, 9.17) is 9.47 Å². The molecule has 2 heterocycles. The smallest absolute Gasteiger partial charge is 0.279 e. The monoisotopic (exact) mass is 326 g/mol. The summed E-state index contributed by atoms with van der Waals surface area (Å²) in [7, 11) is -3.41. The van der Waals surface area contributed by atoms with E-state index in [1.165, 1.54) is 0 Å². The zero-order valence-electron chi connectivity index (χ0n) is 12.6. The van der Waals surface area contributed by atoms with E-state index in [9.17, 15) is 8.42 Å². The predicted molar refractivity (Wildman–Crippen MR) is 83.2 cm³/mol. The Morgan fingerprint density at radius 3 is 2.41 bits per heavy atom. The van der Waals surface area contributed by atoms with Gasteiger partial charge in [0.15, 0.2) is 11.5 Å². The molecule has 22 heavy (non-hydrogen) atoms. The first-order chi connectivity index (χ1) is 10.6. The fourth-order valence-corrected chi connectivity index (χ4v) is 4.02. The van der Waals surface area contributed by atoms with Gasteiger partial charge < -0.3 is 9.47 Å². The molecule has 2 aliphatic rings. The van der Waals surface area contributed by atoms with Gasteiger partial charge in [0.1, 0.15) is 13.2 Å². The largest absolute Gasteiger partial charge is 0.486 e. The van der Waals surface area contributed by atoms with Gasteiger partial charge in [-0.05, 0) is 30.5 Å². The van der Waals surface area contributed by atoms with Crippen LogP contribution in [0.4, 0.5) is 0 Å². The lowest BCUT2D eigenvalue weighted by Crippen LogP contribution is -2.40. The lowest BCUT2D eigenvalue weighted by molar-refractivity contribution is 0.171. The lowest BCUT2D eigenvalue weighted by Gasteiger charge is -2.21. The van der Waals surface area contributed by atoms with Crippen LogP contribution in [0.2, 0.25) is 0 Å². The second-order valence-electron chi connectivity index (χ2n) is 5.62. The highest BCUT2D eigenvalue weighted by Crippen LogP contribution is 2.30. The zero-order chi connectivity index (χ0) is 15.4. The first-order valence-corrected chi connectivity index (χ1v) is 9.22. The topological polar surface area (TPSA) is 67.9 Å². The van der Waals surface area contributed by atoms with Crippen molar-refractivity contribution in [2.75, 3.05) is 26.3 Å². The number of benzene rings is 1. The van der Waals surface area contributed by atoms with E-state index in [1.54, 1.807) is 4.31 Å². The van der Waals surface area contributed by atoms with Gasteiger partial charge in [0.05, 0.1) is 0 Å². The van der Waals surface area contributed by atoms with Crippen LogP contribution in [0.25, 0.3) is 0 Å².